The van der Waals surface area contributed by atoms with Crippen molar-refractivity contribution in [3.05, 3.63) is 0 Å². The van der Waals surface area contributed by atoms with Crippen molar-refractivity contribution >= 4 is 41.1 Å². The number of carbonyl (C=O) groups excluding carboxylic acids is 1. The normalized spacial score (nSPS) is 12.1. The summed E-state index contributed by atoms with van der Waals surface area (Å²) in [5, 5.41) is 0. The fraction of sp³-hybridized carbons (Fsp3) is 0.875. The third kappa shape index (κ3) is 3.06. The van der Waals surface area contributed by atoms with E-state index in [1.165, 1.54) is 49.5 Å². The highest BCUT2D eigenvalue weighted by Crippen LogP contribution is 2.44. The van der Waals surface area contributed by atoms with E-state index in [9.17, 15) is 4.79 Å². The first kappa shape index (κ1) is 14.6. The van der Waals surface area contributed by atoms with Crippen LogP contribution >= 0.6 is 35.3 Å². The lowest BCUT2D eigenvalue weighted by molar-refractivity contribution is -0.155. The van der Waals surface area contributed by atoms with E-state index >= 15 is 0 Å². The van der Waals surface area contributed by atoms with Gasteiger partial charge in [-0.3, -0.25) is 4.79 Å². The van der Waals surface area contributed by atoms with E-state index in [1.807, 2.05) is 18.8 Å². The lowest BCUT2D eigenvalue weighted by Crippen LogP contribution is -2.39. The summed E-state index contributed by atoms with van der Waals surface area (Å²) in [7, 11) is 2.94. The molecule has 14 heavy (non-hydrogen) atoms. The second-order valence-corrected chi connectivity index (χ2v) is 6.17. The van der Waals surface area contributed by atoms with Crippen LogP contribution < -0.4 is 0 Å². The number of Topliss-reactive ketones (excluding diaryl/α,β-unsaturated/α-hetero) is 1. The van der Waals surface area contributed by atoms with E-state index < -0.39 is 9.70 Å². The monoisotopic (exact) mass is 256 g/mol. The van der Waals surface area contributed by atoms with Gasteiger partial charge in [-0.1, -0.05) is 0 Å². The Morgan fingerprint density at radius 2 is 1.43 bits per heavy atom. The van der Waals surface area contributed by atoms with Crippen LogP contribution in [0.15, 0.2) is 0 Å². The Morgan fingerprint density at radius 3 is 1.64 bits per heavy atom. The third-order valence-corrected chi connectivity index (χ3v) is 6.97. The van der Waals surface area contributed by atoms with E-state index in [-0.39, 0.29) is 5.78 Å². The standard InChI is InChI=1S/C8H16O3S3/c1-10-7(11-2)6(9)8(12-3,13-4)14-5/h7H,1-5H3. The topological polar surface area (TPSA) is 35.5 Å². The molecule has 0 fully saturated rings. The minimum absolute atomic E-state index is 0.0463. The lowest BCUT2D eigenvalue weighted by atomic mass is 10.4. The largest absolute Gasteiger partial charge is 0.349 e. The van der Waals surface area contributed by atoms with Crippen molar-refractivity contribution in [2.24, 2.45) is 0 Å². The van der Waals surface area contributed by atoms with Gasteiger partial charge in [-0.25, -0.2) is 0 Å². The van der Waals surface area contributed by atoms with Crippen LogP contribution in [0.5, 0.6) is 0 Å². The summed E-state index contributed by atoms with van der Waals surface area (Å²) < 4.78 is 9.39. The maximum Gasteiger partial charge on any atom is 0.224 e. The van der Waals surface area contributed by atoms with Crippen molar-refractivity contribution < 1.29 is 14.3 Å². The van der Waals surface area contributed by atoms with Crippen molar-refractivity contribution in [2.75, 3.05) is 33.0 Å². The first-order valence-corrected chi connectivity index (χ1v) is 7.54. The van der Waals surface area contributed by atoms with Crippen LogP contribution in [0.4, 0.5) is 0 Å². The molecule has 3 nitrogen and oxygen atoms in total. The molecule has 0 saturated carbocycles. The molecule has 0 bridgehead atoms. The number of methoxy groups -OCH3 is 2. The van der Waals surface area contributed by atoms with E-state index in [1.54, 1.807) is 0 Å². The zero-order valence-electron chi connectivity index (χ0n) is 9.03. The molecule has 0 saturated heterocycles. The summed E-state index contributed by atoms with van der Waals surface area (Å²) in [5.41, 5.74) is 0. The van der Waals surface area contributed by atoms with Crippen LogP contribution in [0.2, 0.25) is 0 Å². The van der Waals surface area contributed by atoms with Gasteiger partial charge in [0, 0.05) is 14.2 Å². The van der Waals surface area contributed by atoms with Gasteiger partial charge in [0.2, 0.25) is 12.1 Å². The molecular weight excluding hydrogens is 240 g/mol. The maximum absolute atomic E-state index is 12.0. The molecule has 0 aromatic rings. The summed E-state index contributed by atoms with van der Waals surface area (Å²) in [4.78, 5) is 12.0. The summed E-state index contributed by atoms with van der Waals surface area (Å²) in [6, 6.07) is 0. The number of thioether (sulfide) groups is 3. The Kier molecular flexibility index (Phi) is 7.32. The predicted octanol–water partition coefficient (Wildman–Crippen LogP) is 1.92. The average Bonchev–Trinajstić information content (AvgIpc) is 2.23. The fourth-order valence-corrected chi connectivity index (χ4v) is 3.90. The molecule has 0 heterocycles. The van der Waals surface area contributed by atoms with Crippen molar-refractivity contribution in [2.45, 2.75) is 9.70 Å². The Labute approximate surface area is 98.1 Å². The highest BCUT2D eigenvalue weighted by atomic mass is 32.3. The molecule has 0 rings (SSSR count). The van der Waals surface area contributed by atoms with E-state index in [2.05, 4.69) is 0 Å². The smallest absolute Gasteiger partial charge is 0.224 e. The van der Waals surface area contributed by atoms with Gasteiger partial charge >= 0.3 is 0 Å². The predicted molar refractivity (Wildman–Crippen MR) is 66.1 cm³/mol. The fourth-order valence-electron chi connectivity index (χ4n) is 1.01. The first-order chi connectivity index (χ1) is 6.61. The summed E-state index contributed by atoms with van der Waals surface area (Å²) in [5.74, 6) is -0.0463. The van der Waals surface area contributed by atoms with Crippen LogP contribution in [0.1, 0.15) is 0 Å². The molecule has 0 atom stereocenters. The van der Waals surface area contributed by atoms with Gasteiger partial charge in [-0.15, -0.1) is 35.3 Å². The van der Waals surface area contributed by atoms with Crippen molar-refractivity contribution in [3.63, 3.8) is 0 Å². The van der Waals surface area contributed by atoms with Gasteiger partial charge in [-0.05, 0) is 18.8 Å². The highest BCUT2D eigenvalue weighted by molar-refractivity contribution is 8.34. The molecule has 0 aliphatic heterocycles. The van der Waals surface area contributed by atoms with Gasteiger partial charge < -0.3 is 9.47 Å². The van der Waals surface area contributed by atoms with Gasteiger partial charge in [0.05, 0.1) is 0 Å². The summed E-state index contributed by atoms with van der Waals surface area (Å²) in [6.07, 6.45) is 4.95. The molecule has 0 amide bonds. The van der Waals surface area contributed by atoms with E-state index in [0.29, 0.717) is 0 Å². The van der Waals surface area contributed by atoms with Gasteiger partial charge in [-0.2, -0.15) is 0 Å². The molecule has 6 heteroatoms. The van der Waals surface area contributed by atoms with Crippen LogP contribution in [-0.4, -0.2) is 48.5 Å². The molecule has 0 aliphatic rings. The Balaban J connectivity index is 4.73. The molecule has 0 radical (unpaired) electrons. The Bertz CT molecular complexity index is 170. The van der Waals surface area contributed by atoms with E-state index in [0.717, 1.165) is 0 Å². The Hall–Kier alpha value is 0.640. The lowest BCUT2D eigenvalue weighted by Gasteiger charge is -2.28. The number of carbonyl (C=O) groups is 1. The molecule has 0 aromatic heterocycles. The van der Waals surface area contributed by atoms with Crippen molar-refractivity contribution in [1.82, 2.24) is 0 Å². The highest BCUT2D eigenvalue weighted by Gasteiger charge is 2.41. The number of rotatable bonds is 7. The van der Waals surface area contributed by atoms with Crippen LogP contribution in [0.25, 0.3) is 0 Å². The molecule has 0 N–H and O–H groups in total. The molecule has 0 spiro atoms. The number of ether oxygens (including phenoxy) is 2. The molecule has 0 aromatic carbocycles. The number of ketones is 1. The maximum atomic E-state index is 12.0. The molecular formula is C8H16O3S3. The zero-order chi connectivity index (χ0) is 11.2. The van der Waals surface area contributed by atoms with Gasteiger partial charge in [0.25, 0.3) is 0 Å². The van der Waals surface area contributed by atoms with Gasteiger partial charge in [0.15, 0.2) is 3.41 Å². The van der Waals surface area contributed by atoms with Crippen molar-refractivity contribution in [1.29, 1.82) is 0 Å². The first-order valence-electron chi connectivity index (χ1n) is 3.87. The second-order valence-electron chi connectivity index (χ2n) is 2.34. The average molecular weight is 256 g/mol. The quantitative estimate of drug-likeness (QED) is 0.648. The molecule has 84 valence electrons. The summed E-state index contributed by atoms with van der Waals surface area (Å²) in [6.45, 7) is 0. The SMILES string of the molecule is COC(OC)C(=O)C(SC)(SC)SC. The molecule has 0 unspecified atom stereocenters. The zero-order valence-corrected chi connectivity index (χ0v) is 11.5. The second kappa shape index (κ2) is 7.00. The summed E-state index contributed by atoms with van der Waals surface area (Å²) >= 11 is 4.50. The van der Waals surface area contributed by atoms with Crippen molar-refractivity contribution in [3.8, 4) is 0 Å². The Morgan fingerprint density at radius 1 is 1.07 bits per heavy atom. The van der Waals surface area contributed by atoms with Crippen LogP contribution in [-0.2, 0) is 14.3 Å². The minimum Gasteiger partial charge on any atom is -0.349 e. The van der Waals surface area contributed by atoms with Gasteiger partial charge in [0.1, 0.15) is 0 Å². The van der Waals surface area contributed by atoms with Crippen LogP contribution in [0.3, 0.4) is 0 Å². The molecule has 0 aliphatic carbocycles. The third-order valence-electron chi connectivity index (χ3n) is 1.75. The number of hydrogen-bond acceptors (Lipinski definition) is 6. The number of hydrogen-bond donors (Lipinski definition) is 0. The van der Waals surface area contributed by atoms with E-state index in [4.69, 9.17) is 9.47 Å². The van der Waals surface area contributed by atoms with Crippen LogP contribution in [0, 0.1) is 0 Å². The minimum atomic E-state index is -0.776.